The molecular weight excluding hydrogens is 302 g/mol. The summed E-state index contributed by atoms with van der Waals surface area (Å²) in [7, 11) is 0. The molecule has 0 spiro atoms. The van der Waals surface area contributed by atoms with E-state index in [1.54, 1.807) is 9.80 Å². The van der Waals surface area contributed by atoms with Crippen LogP contribution in [0.3, 0.4) is 0 Å². The highest BCUT2D eigenvalue weighted by atomic mass is 16.2. The SMILES string of the molecule is CCCCCCN1CCN(Cc2ccc(NCC)cc2)C(=O)C1=O. The summed E-state index contributed by atoms with van der Waals surface area (Å²) in [6, 6.07) is 8.03. The van der Waals surface area contributed by atoms with Gasteiger partial charge in [-0.05, 0) is 31.0 Å². The predicted octanol–water partition coefficient (Wildman–Crippen LogP) is 2.87. The van der Waals surface area contributed by atoms with Gasteiger partial charge in [0, 0.05) is 38.4 Å². The zero-order chi connectivity index (χ0) is 17.4. The van der Waals surface area contributed by atoms with Gasteiger partial charge in [-0.15, -0.1) is 0 Å². The molecular formula is C19H29N3O2. The van der Waals surface area contributed by atoms with Crippen LogP contribution in [0.25, 0.3) is 0 Å². The summed E-state index contributed by atoms with van der Waals surface area (Å²) in [5.41, 5.74) is 2.12. The number of piperazine rings is 1. The summed E-state index contributed by atoms with van der Waals surface area (Å²) in [5.74, 6) is -0.713. The summed E-state index contributed by atoms with van der Waals surface area (Å²) in [5, 5.41) is 3.25. The Morgan fingerprint density at radius 3 is 2.25 bits per heavy atom. The molecule has 1 fully saturated rings. The molecule has 5 nitrogen and oxygen atoms in total. The molecule has 132 valence electrons. The Morgan fingerprint density at radius 2 is 1.58 bits per heavy atom. The zero-order valence-electron chi connectivity index (χ0n) is 14.9. The molecule has 1 aromatic rings. The normalized spacial score (nSPS) is 15.1. The van der Waals surface area contributed by atoms with Gasteiger partial charge in [0.25, 0.3) is 0 Å². The summed E-state index contributed by atoms with van der Waals surface area (Å²) in [4.78, 5) is 27.9. The first-order valence-electron chi connectivity index (χ1n) is 9.06. The highest BCUT2D eigenvalue weighted by Gasteiger charge is 2.31. The first-order valence-corrected chi connectivity index (χ1v) is 9.06. The predicted molar refractivity (Wildman–Crippen MR) is 96.7 cm³/mol. The summed E-state index contributed by atoms with van der Waals surface area (Å²) in [6.07, 6.45) is 4.47. The molecule has 0 saturated carbocycles. The molecule has 0 bridgehead atoms. The number of carbonyl (C=O) groups excluding carboxylic acids is 2. The third-order valence-electron chi connectivity index (χ3n) is 4.39. The lowest BCUT2D eigenvalue weighted by atomic mass is 10.1. The van der Waals surface area contributed by atoms with Crippen LogP contribution < -0.4 is 5.32 Å². The average Bonchev–Trinajstić information content (AvgIpc) is 2.59. The number of unbranched alkanes of at least 4 members (excludes halogenated alkanes) is 3. The first-order chi connectivity index (χ1) is 11.7. The molecule has 1 aromatic carbocycles. The average molecular weight is 331 g/mol. The van der Waals surface area contributed by atoms with Crippen LogP contribution in [0.4, 0.5) is 5.69 Å². The number of nitrogens with zero attached hydrogens (tertiary/aromatic N) is 2. The van der Waals surface area contributed by atoms with E-state index in [1.165, 1.54) is 12.8 Å². The van der Waals surface area contributed by atoms with Crippen LogP contribution in [0.1, 0.15) is 45.1 Å². The van der Waals surface area contributed by atoms with Crippen LogP contribution in [-0.2, 0) is 16.1 Å². The Bertz CT molecular complexity index is 542. The van der Waals surface area contributed by atoms with Crippen molar-refractivity contribution in [3.63, 3.8) is 0 Å². The van der Waals surface area contributed by atoms with E-state index in [-0.39, 0.29) is 11.8 Å². The van der Waals surface area contributed by atoms with E-state index in [2.05, 4.69) is 19.2 Å². The van der Waals surface area contributed by atoms with E-state index in [0.717, 1.165) is 30.6 Å². The van der Waals surface area contributed by atoms with E-state index in [0.29, 0.717) is 26.2 Å². The van der Waals surface area contributed by atoms with Gasteiger partial charge in [0.05, 0.1) is 0 Å². The van der Waals surface area contributed by atoms with Gasteiger partial charge in [0.2, 0.25) is 0 Å². The molecule has 5 heteroatoms. The summed E-state index contributed by atoms with van der Waals surface area (Å²) in [6.45, 7) is 7.57. The fourth-order valence-electron chi connectivity index (χ4n) is 2.96. The molecule has 2 rings (SSSR count). The fourth-order valence-corrected chi connectivity index (χ4v) is 2.96. The molecule has 0 unspecified atom stereocenters. The van der Waals surface area contributed by atoms with Crippen molar-refractivity contribution >= 4 is 17.5 Å². The van der Waals surface area contributed by atoms with E-state index in [1.807, 2.05) is 24.3 Å². The summed E-state index contributed by atoms with van der Waals surface area (Å²) >= 11 is 0. The number of hydrogen-bond acceptors (Lipinski definition) is 3. The number of anilines is 1. The van der Waals surface area contributed by atoms with E-state index in [4.69, 9.17) is 0 Å². The Balaban J connectivity index is 1.85. The number of nitrogens with one attached hydrogen (secondary N) is 1. The van der Waals surface area contributed by atoms with Crippen molar-refractivity contribution in [2.24, 2.45) is 0 Å². The Labute approximate surface area is 145 Å². The van der Waals surface area contributed by atoms with Crippen LogP contribution in [0.5, 0.6) is 0 Å². The second-order valence-electron chi connectivity index (χ2n) is 6.31. The van der Waals surface area contributed by atoms with Gasteiger partial charge in [-0.1, -0.05) is 38.3 Å². The van der Waals surface area contributed by atoms with Crippen molar-refractivity contribution in [2.75, 3.05) is 31.5 Å². The maximum absolute atomic E-state index is 12.3. The van der Waals surface area contributed by atoms with Crippen molar-refractivity contribution in [1.82, 2.24) is 9.80 Å². The molecule has 1 aliphatic heterocycles. The second kappa shape index (κ2) is 9.30. The molecule has 1 aliphatic rings. The molecule has 24 heavy (non-hydrogen) atoms. The Hall–Kier alpha value is -2.04. The highest BCUT2D eigenvalue weighted by molar-refractivity contribution is 6.35. The standard InChI is InChI=1S/C19H29N3O2/c1-3-5-6-7-12-21-13-14-22(19(24)18(21)23)15-16-8-10-17(11-9-16)20-4-2/h8-11,20H,3-7,12-15H2,1-2H3. The van der Waals surface area contributed by atoms with Gasteiger partial charge in [-0.2, -0.15) is 0 Å². The third kappa shape index (κ3) is 4.98. The van der Waals surface area contributed by atoms with Crippen molar-refractivity contribution in [3.05, 3.63) is 29.8 Å². The number of rotatable bonds is 9. The lowest BCUT2D eigenvalue weighted by molar-refractivity contribution is -0.156. The maximum atomic E-state index is 12.3. The molecule has 0 aliphatic carbocycles. The molecule has 0 atom stereocenters. The molecule has 1 heterocycles. The minimum absolute atomic E-state index is 0.345. The second-order valence-corrected chi connectivity index (χ2v) is 6.31. The van der Waals surface area contributed by atoms with Crippen molar-refractivity contribution in [1.29, 1.82) is 0 Å². The molecule has 1 N–H and O–H groups in total. The molecule has 0 aromatic heterocycles. The number of amides is 2. The van der Waals surface area contributed by atoms with Crippen LogP contribution >= 0.6 is 0 Å². The van der Waals surface area contributed by atoms with Crippen molar-refractivity contribution in [3.8, 4) is 0 Å². The number of carbonyl (C=O) groups is 2. The maximum Gasteiger partial charge on any atom is 0.312 e. The first kappa shape index (κ1) is 18.3. The van der Waals surface area contributed by atoms with E-state index >= 15 is 0 Å². The van der Waals surface area contributed by atoms with Gasteiger partial charge >= 0.3 is 11.8 Å². The number of hydrogen-bond donors (Lipinski definition) is 1. The highest BCUT2D eigenvalue weighted by Crippen LogP contribution is 2.14. The molecule has 0 radical (unpaired) electrons. The number of benzene rings is 1. The minimum Gasteiger partial charge on any atom is -0.385 e. The van der Waals surface area contributed by atoms with Gasteiger partial charge in [-0.3, -0.25) is 9.59 Å². The Morgan fingerprint density at radius 1 is 0.917 bits per heavy atom. The Kier molecular flexibility index (Phi) is 7.09. The van der Waals surface area contributed by atoms with Gasteiger partial charge < -0.3 is 15.1 Å². The monoisotopic (exact) mass is 331 g/mol. The van der Waals surface area contributed by atoms with Crippen molar-refractivity contribution in [2.45, 2.75) is 46.1 Å². The third-order valence-corrected chi connectivity index (χ3v) is 4.39. The van der Waals surface area contributed by atoms with Gasteiger partial charge in [0.1, 0.15) is 0 Å². The van der Waals surface area contributed by atoms with Crippen LogP contribution in [0, 0.1) is 0 Å². The lowest BCUT2D eigenvalue weighted by Gasteiger charge is -2.33. The lowest BCUT2D eigenvalue weighted by Crippen LogP contribution is -2.54. The van der Waals surface area contributed by atoms with Crippen molar-refractivity contribution < 1.29 is 9.59 Å². The molecule has 2 amide bonds. The van der Waals surface area contributed by atoms with E-state index in [9.17, 15) is 9.59 Å². The van der Waals surface area contributed by atoms with Crippen LogP contribution in [0.2, 0.25) is 0 Å². The van der Waals surface area contributed by atoms with Crippen LogP contribution in [-0.4, -0.2) is 47.8 Å². The van der Waals surface area contributed by atoms with Gasteiger partial charge in [-0.25, -0.2) is 0 Å². The fraction of sp³-hybridized carbons (Fsp3) is 0.579. The zero-order valence-corrected chi connectivity index (χ0v) is 14.9. The quantitative estimate of drug-likeness (QED) is 0.559. The van der Waals surface area contributed by atoms with E-state index < -0.39 is 0 Å². The summed E-state index contributed by atoms with van der Waals surface area (Å²) < 4.78 is 0. The smallest absolute Gasteiger partial charge is 0.312 e. The molecule has 1 saturated heterocycles. The largest absolute Gasteiger partial charge is 0.385 e. The minimum atomic E-state index is -0.368. The van der Waals surface area contributed by atoms with Crippen LogP contribution in [0.15, 0.2) is 24.3 Å². The topological polar surface area (TPSA) is 52.6 Å². The van der Waals surface area contributed by atoms with Gasteiger partial charge in [0.15, 0.2) is 0 Å².